The second kappa shape index (κ2) is 5.69. The lowest BCUT2D eigenvalue weighted by Gasteiger charge is -2.13. The zero-order valence-corrected chi connectivity index (χ0v) is 8.19. The number of hydrogen-bond donors (Lipinski definition) is 3. The van der Waals surface area contributed by atoms with Crippen molar-refractivity contribution in [3.63, 3.8) is 0 Å². The Bertz CT molecular complexity index is 246. The molecule has 0 aromatic heterocycles. The Morgan fingerprint density at radius 3 is 2.33 bits per heavy atom. The van der Waals surface area contributed by atoms with Gasteiger partial charge in [0.05, 0.1) is 5.75 Å². The van der Waals surface area contributed by atoms with Gasteiger partial charge in [0, 0.05) is 5.75 Å². The average molecular weight is 246 g/mol. The smallest absolute Gasteiger partial charge is 0.405 e. The first-order valence-electron chi connectivity index (χ1n) is 3.65. The van der Waals surface area contributed by atoms with Crippen molar-refractivity contribution in [2.24, 2.45) is 5.73 Å². The topological polar surface area (TPSA) is 92.4 Å². The Morgan fingerprint density at radius 1 is 1.47 bits per heavy atom. The molecule has 0 spiro atoms. The molecule has 0 aromatic rings. The first kappa shape index (κ1) is 13.9. The fraction of sp³-hybridized carbons (Fsp3) is 0.667. The van der Waals surface area contributed by atoms with Crippen molar-refractivity contribution in [3.8, 4) is 0 Å². The van der Waals surface area contributed by atoms with Gasteiger partial charge < -0.3 is 16.2 Å². The number of halogens is 3. The number of nitrogens with two attached hydrogens (primary N) is 1. The van der Waals surface area contributed by atoms with Crippen LogP contribution in [0.25, 0.3) is 0 Å². The summed E-state index contributed by atoms with van der Waals surface area (Å²) < 4.78 is 35.1. The average Bonchev–Trinajstić information content (AvgIpc) is 1.99. The van der Waals surface area contributed by atoms with Crippen molar-refractivity contribution in [3.05, 3.63) is 0 Å². The van der Waals surface area contributed by atoms with Gasteiger partial charge in [0.15, 0.2) is 0 Å². The van der Waals surface area contributed by atoms with E-state index in [1.807, 2.05) is 0 Å². The van der Waals surface area contributed by atoms with Crippen molar-refractivity contribution in [2.75, 3.05) is 11.5 Å². The molecule has 4 N–H and O–H groups in total. The van der Waals surface area contributed by atoms with E-state index < -0.39 is 30.0 Å². The summed E-state index contributed by atoms with van der Waals surface area (Å²) in [7, 11) is 0. The summed E-state index contributed by atoms with van der Waals surface area (Å²) in [5.74, 6) is -2.51. The SMILES string of the molecule is NC(=O)[C@H](CSCC(F)(F)F)NC(=O)O. The summed E-state index contributed by atoms with van der Waals surface area (Å²) in [5, 5.41) is 9.96. The van der Waals surface area contributed by atoms with Crippen molar-refractivity contribution < 1.29 is 27.9 Å². The maximum absolute atomic E-state index is 11.7. The van der Waals surface area contributed by atoms with Gasteiger partial charge in [-0.15, -0.1) is 11.8 Å². The second-order valence-electron chi connectivity index (χ2n) is 2.53. The summed E-state index contributed by atoms with van der Waals surface area (Å²) in [5.41, 5.74) is 4.78. The molecule has 0 heterocycles. The van der Waals surface area contributed by atoms with Gasteiger partial charge in [0.25, 0.3) is 0 Å². The van der Waals surface area contributed by atoms with Gasteiger partial charge in [-0.25, -0.2) is 4.79 Å². The van der Waals surface area contributed by atoms with Crippen LogP contribution in [0.15, 0.2) is 0 Å². The molecule has 0 saturated heterocycles. The number of carboxylic acid groups (broad SMARTS) is 1. The Hall–Kier alpha value is -1.12. The number of hydrogen-bond acceptors (Lipinski definition) is 3. The molecule has 1 atom stereocenters. The highest BCUT2D eigenvalue weighted by atomic mass is 32.2. The van der Waals surface area contributed by atoms with Crippen LogP contribution in [0.5, 0.6) is 0 Å². The minimum atomic E-state index is -4.35. The predicted molar refractivity (Wildman–Crippen MR) is 47.5 cm³/mol. The second-order valence-corrected chi connectivity index (χ2v) is 3.57. The molecule has 0 fully saturated rings. The lowest BCUT2D eigenvalue weighted by Crippen LogP contribution is -2.45. The molecule has 88 valence electrons. The molecule has 0 aliphatic rings. The van der Waals surface area contributed by atoms with Crippen LogP contribution in [0, 0.1) is 0 Å². The minimum absolute atomic E-state index is 0.346. The Kier molecular flexibility index (Phi) is 5.26. The standard InChI is InChI=1S/C6H9F3N2O3S/c7-6(8,9)2-15-1-3(4(10)12)11-5(13)14/h3,11H,1-2H2,(H2,10,12)(H,13,14)/t3-/m0/s1. The van der Waals surface area contributed by atoms with E-state index in [-0.39, 0.29) is 5.75 Å². The van der Waals surface area contributed by atoms with E-state index in [0.29, 0.717) is 11.8 Å². The van der Waals surface area contributed by atoms with Crippen LogP contribution >= 0.6 is 11.8 Å². The number of nitrogens with one attached hydrogen (secondary N) is 1. The monoisotopic (exact) mass is 246 g/mol. The highest BCUT2D eigenvalue weighted by molar-refractivity contribution is 7.99. The van der Waals surface area contributed by atoms with Crippen LogP contribution in [0.4, 0.5) is 18.0 Å². The van der Waals surface area contributed by atoms with Gasteiger partial charge in [-0.2, -0.15) is 13.2 Å². The maximum atomic E-state index is 11.7. The lowest BCUT2D eigenvalue weighted by atomic mass is 10.3. The van der Waals surface area contributed by atoms with Crippen LogP contribution in [-0.2, 0) is 4.79 Å². The van der Waals surface area contributed by atoms with Gasteiger partial charge >= 0.3 is 12.3 Å². The van der Waals surface area contributed by atoms with Gasteiger partial charge in [-0.1, -0.05) is 0 Å². The first-order chi connectivity index (χ1) is 6.72. The molecule has 0 rings (SSSR count). The highest BCUT2D eigenvalue weighted by Gasteiger charge is 2.28. The predicted octanol–water partition coefficient (Wildman–Crippen LogP) is 0.403. The normalized spacial score (nSPS) is 13.3. The van der Waals surface area contributed by atoms with Crippen LogP contribution in [0.1, 0.15) is 0 Å². The molecule has 0 saturated carbocycles. The zero-order chi connectivity index (χ0) is 12.1. The largest absolute Gasteiger partial charge is 0.465 e. The van der Waals surface area contributed by atoms with Crippen LogP contribution in [0.3, 0.4) is 0 Å². The molecular weight excluding hydrogens is 237 g/mol. The Balaban J connectivity index is 3.98. The minimum Gasteiger partial charge on any atom is -0.465 e. The van der Waals surface area contributed by atoms with E-state index in [2.05, 4.69) is 0 Å². The van der Waals surface area contributed by atoms with Crippen molar-refractivity contribution >= 4 is 23.8 Å². The van der Waals surface area contributed by atoms with Crippen molar-refractivity contribution in [1.29, 1.82) is 0 Å². The van der Waals surface area contributed by atoms with Crippen molar-refractivity contribution in [1.82, 2.24) is 5.32 Å². The zero-order valence-electron chi connectivity index (χ0n) is 7.37. The molecule has 0 aliphatic carbocycles. The van der Waals surface area contributed by atoms with Gasteiger partial charge in [0.1, 0.15) is 6.04 Å². The fourth-order valence-electron chi connectivity index (χ4n) is 0.636. The first-order valence-corrected chi connectivity index (χ1v) is 4.81. The third-order valence-electron chi connectivity index (χ3n) is 1.19. The molecule has 0 bridgehead atoms. The molecule has 0 aromatic carbocycles. The number of carbonyl (C=O) groups excluding carboxylic acids is 1. The molecular formula is C6H9F3N2O3S. The van der Waals surface area contributed by atoms with E-state index >= 15 is 0 Å². The molecule has 0 aliphatic heterocycles. The molecule has 2 amide bonds. The Labute approximate surface area is 87.2 Å². The number of amides is 2. The Morgan fingerprint density at radius 2 is 2.00 bits per heavy atom. The third-order valence-corrected chi connectivity index (χ3v) is 2.29. The number of rotatable bonds is 5. The van der Waals surface area contributed by atoms with E-state index in [1.165, 1.54) is 0 Å². The van der Waals surface area contributed by atoms with Crippen molar-refractivity contribution in [2.45, 2.75) is 12.2 Å². The number of alkyl halides is 3. The van der Waals surface area contributed by atoms with Gasteiger partial charge in [-0.3, -0.25) is 4.79 Å². The molecule has 5 nitrogen and oxygen atoms in total. The van der Waals surface area contributed by atoms with Crippen LogP contribution in [0.2, 0.25) is 0 Å². The van der Waals surface area contributed by atoms with E-state index in [4.69, 9.17) is 10.8 Å². The maximum Gasteiger partial charge on any atom is 0.405 e. The molecule has 15 heavy (non-hydrogen) atoms. The highest BCUT2D eigenvalue weighted by Crippen LogP contribution is 2.21. The summed E-state index contributed by atoms with van der Waals surface area (Å²) in [6, 6.07) is -1.31. The quantitative estimate of drug-likeness (QED) is 0.654. The number of thioether (sulfide) groups is 1. The van der Waals surface area contributed by atoms with Crippen LogP contribution in [-0.4, -0.2) is 40.8 Å². The van der Waals surface area contributed by atoms with Crippen LogP contribution < -0.4 is 11.1 Å². The number of primary amides is 1. The summed E-state index contributed by atoms with van der Waals surface area (Å²) >= 11 is 0.387. The summed E-state index contributed by atoms with van der Waals surface area (Å²) in [4.78, 5) is 20.7. The third kappa shape index (κ3) is 7.91. The van der Waals surface area contributed by atoms with E-state index in [0.717, 1.165) is 0 Å². The molecule has 0 radical (unpaired) electrons. The fourth-order valence-corrected chi connectivity index (χ4v) is 1.47. The number of carbonyl (C=O) groups is 2. The summed E-state index contributed by atoms with van der Waals surface area (Å²) in [6.07, 6.45) is -5.86. The van der Waals surface area contributed by atoms with Gasteiger partial charge in [-0.05, 0) is 0 Å². The molecule has 9 heteroatoms. The van der Waals surface area contributed by atoms with E-state index in [9.17, 15) is 22.8 Å². The lowest BCUT2D eigenvalue weighted by molar-refractivity contribution is -0.119. The summed E-state index contributed by atoms with van der Waals surface area (Å²) in [6.45, 7) is 0. The van der Waals surface area contributed by atoms with Gasteiger partial charge in [0.2, 0.25) is 5.91 Å². The molecule has 0 unspecified atom stereocenters. The van der Waals surface area contributed by atoms with E-state index in [1.54, 1.807) is 5.32 Å².